The first-order valence-electron chi connectivity index (χ1n) is 0.783. The predicted molar refractivity (Wildman–Crippen MR) is 31.4 cm³/mol. The fourth-order valence-electron chi connectivity index (χ4n) is 0. The Labute approximate surface area is 91.0 Å². The molecule has 0 bridgehead atoms. The summed E-state index contributed by atoms with van der Waals surface area (Å²) < 4.78 is 8.88. The molecule has 0 aromatic heterocycles. The summed E-state index contributed by atoms with van der Waals surface area (Å²) in [5.74, 6) is 0. The Morgan fingerprint density at radius 3 is 1.12 bits per heavy atom. The monoisotopic (exact) mass is 268 g/mol. The summed E-state index contributed by atoms with van der Waals surface area (Å²) in [7, 11) is -4.64. The van der Waals surface area contributed by atoms with Crippen LogP contribution in [0.15, 0.2) is 0 Å². The molecule has 0 rings (SSSR count). The maximum atomic E-state index is 8.88. The Balaban J connectivity index is -0.0000000267. The average molecular weight is 270 g/mol. The van der Waals surface area contributed by atoms with Crippen LogP contribution >= 0.6 is 7.82 Å². The van der Waals surface area contributed by atoms with Crippen molar-refractivity contribution in [3.63, 3.8) is 0 Å². The second-order valence-electron chi connectivity index (χ2n) is 0.513. The van der Waals surface area contributed by atoms with Gasteiger partial charge in [-0.25, -0.2) is 4.57 Å². The van der Waals surface area contributed by atoms with Gasteiger partial charge in [-0.05, 0) is 0 Å². The molecular formula is H7GaLiO4PZr. The fraction of sp³-hybridized carbons (Fsp3) is 0. The summed E-state index contributed by atoms with van der Waals surface area (Å²) in [4.78, 5) is 21.6. The number of rotatable bonds is 0. The minimum atomic E-state index is -4.64. The Morgan fingerprint density at radius 2 is 1.12 bits per heavy atom. The van der Waals surface area contributed by atoms with Crippen LogP contribution in [0.1, 0.15) is 0 Å². The van der Waals surface area contributed by atoms with E-state index in [0.29, 0.717) is 0 Å². The standard InChI is InChI=1S/Ga.Li.H3O4P.Zr.4H/c;;1-5(2,3)4;;;;;/h;;(H3,1,2,3,4);;;;;. The largest absolute Gasteiger partial charge is 0 e. The first-order chi connectivity index (χ1) is 2.00. The smallest absolute Gasteiger partial charge is 0 e. The first-order valence-corrected chi connectivity index (χ1v) is 2.35. The van der Waals surface area contributed by atoms with Crippen molar-refractivity contribution in [2.75, 3.05) is 0 Å². The third-order valence-electron chi connectivity index (χ3n) is 0. The average Bonchev–Trinajstić information content (AvgIpc) is 0.722. The van der Waals surface area contributed by atoms with Crippen molar-refractivity contribution in [2.24, 2.45) is 0 Å². The van der Waals surface area contributed by atoms with Crippen molar-refractivity contribution < 1.29 is 45.4 Å². The summed E-state index contributed by atoms with van der Waals surface area (Å²) in [6.07, 6.45) is 0. The zero-order chi connectivity index (χ0) is 4.50. The van der Waals surface area contributed by atoms with Gasteiger partial charge in [0.15, 0.2) is 0 Å². The maximum Gasteiger partial charge on any atom is 0 e. The maximum absolute atomic E-state index is 8.88. The SMILES string of the molecule is O=P(O)(O)O.[GaH3].[LiH].[Zr]. The van der Waals surface area contributed by atoms with Crippen LogP contribution in [-0.2, 0) is 30.8 Å². The van der Waals surface area contributed by atoms with Crippen LogP contribution in [-0.4, -0.2) is 53.3 Å². The minimum absolute atomic E-state index is 0. The molecule has 0 unspecified atom stereocenters. The van der Waals surface area contributed by atoms with E-state index in [4.69, 9.17) is 19.2 Å². The molecule has 4 nitrogen and oxygen atoms in total. The van der Waals surface area contributed by atoms with Gasteiger partial charge >= 0.3 is 46.5 Å². The molecule has 0 saturated heterocycles. The van der Waals surface area contributed by atoms with E-state index in [2.05, 4.69) is 0 Å². The van der Waals surface area contributed by atoms with Crippen LogP contribution in [0.3, 0.4) is 0 Å². The molecule has 3 N–H and O–H groups in total. The molecular weight excluding hydrogens is 263 g/mol. The molecule has 44 valence electrons. The van der Waals surface area contributed by atoms with E-state index >= 15 is 0 Å². The molecule has 0 aliphatic carbocycles. The molecule has 0 amide bonds. The topological polar surface area (TPSA) is 77.8 Å². The molecule has 0 atom stereocenters. The summed E-state index contributed by atoms with van der Waals surface area (Å²) in [5, 5.41) is 0. The van der Waals surface area contributed by atoms with Gasteiger partial charge in [-0.2, -0.15) is 0 Å². The summed E-state index contributed by atoms with van der Waals surface area (Å²) in [6.45, 7) is 0. The molecule has 0 heterocycles. The van der Waals surface area contributed by atoms with Crippen LogP contribution < -0.4 is 0 Å². The summed E-state index contributed by atoms with van der Waals surface area (Å²) in [5.41, 5.74) is 0. The van der Waals surface area contributed by atoms with E-state index in [1.165, 1.54) is 0 Å². The quantitative estimate of drug-likeness (QED) is 0.329. The second kappa shape index (κ2) is 9.23. The number of hydrogen-bond donors (Lipinski definition) is 3. The van der Waals surface area contributed by atoms with E-state index in [9.17, 15) is 0 Å². The Morgan fingerprint density at radius 1 is 1.12 bits per heavy atom. The van der Waals surface area contributed by atoms with Gasteiger partial charge in [0, 0.05) is 26.2 Å². The molecule has 0 radical (unpaired) electrons. The van der Waals surface area contributed by atoms with Gasteiger partial charge < -0.3 is 14.7 Å². The van der Waals surface area contributed by atoms with E-state index in [1.807, 2.05) is 0 Å². The van der Waals surface area contributed by atoms with Gasteiger partial charge in [0.1, 0.15) is 0 Å². The Bertz CT molecular complexity index is 62.2. The van der Waals surface area contributed by atoms with Gasteiger partial charge in [0.25, 0.3) is 0 Å². The van der Waals surface area contributed by atoms with Gasteiger partial charge in [-0.15, -0.1) is 0 Å². The van der Waals surface area contributed by atoms with Crippen molar-refractivity contribution in [1.29, 1.82) is 0 Å². The van der Waals surface area contributed by atoms with Crippen molar-refractivity contribution in [3.05, 3.63) is 0 Å². The summed E-state index contributed by atoms with van der Waals surface area (Å²) >= 11 is 0. The molecule has 0 spiro atoms. The van der Waals surface area contributed by atoms with Crippen molar-refractivity contribution in [3.8, 4) is 0 Å². The fourth-order valence-corrected chi connectivity index (χ4v) is 0. The second-order valence-corrected chi connectivity index (χ2v) is 1.54. The summed E-state index contributed by atoms with van der Waals surface area (Å²) in [6, 6.07) is 0. The van der Waals surface area contributed by atoms with Crippen LogP contribution in [0.2, 0.25) is 0 Å². The van der Waals surface area contributed by atoms with Crippen LogP contribution in [0, 0.1) is 0 Å². The molecule has 0 aromatic rings. The van der Waals surface area contributed by atoms with Gasteiger partial charge in [-0.3, -0.25) is 0 Å². The number of phosphoric acid groups is 1. The first kappa shape index (κ1) is 22.5. The van der Waals surface area contributed by atoms with Gasteiger partial charge in [0.2, 0.25) is 0 Å². The van der Waals surface area contributed by atoms with E-state index in [0.717, 1.165) is 0 Å². The van der Waals surface area contributed by atoms with Crippen molar-refractivity contribution in [2.45, 2.75) is 0 Å². The van der Waals surface area contributed by atoms with Gasteiger partial charge in [-0.1, -0.05) is 0 Å². The molecule has 0 saturated carbocycles. The van der Waals surface area contributed by atoms with Gasteiger partial charge in [0.05, 0.1) is 0 Å². The van der Waals surface area contributed by atoms with E-state index in [-0.39, 0.29) is 64.9 Å². The molecule has 0 fully saturated rings. The van der Waals surface area contributed by atoms with E-state index < -0.39 is 7.82 Å². The molecule has 8 heavy (non-hydrogen) atoms. The van der Waals surface area contributed by atoms with Crippen molar-refractivity contribution >= 4 is 46.5 Å². The molecule has 0 aromatic carbocycles. The third kappa shape index (κ3) is 86.6. The van der Waals surface area contributed by atoms with E-state index in [1.54, 1.807) is 0 Å². The van der Waals surface area contributed by atoms with Crippen molar-refractivity contribution in [1.82, 2.24) is 0 Å². The Kier molecular flexibility index (Phi) is 25.9. The molecule has 8 heteroatoms. The van der Waals surface area contributed by atoms with Crippen LogP contribution in [0.25, 0.3) is 0 Å². The predicted octanol–water partition coefficient (Wildman–Crippen LogP) is -2.76. The normalized spacial score (nSPS) is 7.38. The minimum Gasteiger partial charge on any atom is 0 e. The van der Waals surface area contributed by atoms with Crippen LogP contribution in [0.4, 0.5) is 0 Å². The van der Waals surface area contributed by atoms with Crippen LogP contribution in [0.5, 0.6) is 0 Å². The number of hydrogen-bond acceptors (Lipinski definition) is 1. The molecule has 0 aliphatic heterocycles. The third-order valence-corrected chi connectivity index (χ3v) is 0. The zero-order valence-corrected chi connectivity index (χ0v) is 6.05. The Hall–Kier alpha value is 2.23. The molecule has 0 aliphatic rings. The zero-order valence-electron chi connectivity index (χ0n) is 2.70.